The Bertz CT molecular complexity index is 480. The van der Waals surface area contributed by atoms with Gasteiger partial charge in [0.15, 0.2) is 0 Å². The van der Waals surface area contributed by atoms with E-state index in [2.05, 4.69) is 94.6 Å². The maximum Gasteiger partial charge on any atom is 0.0353 e. The first kappa shape index (κ1) is 27.7. The average Bonchev–Trinajstić information content (AvgIpc) is 2.45. The molecule has 0 rings (SSSR count). The standard InChI is InChI=1S/C26H54N2/c1-21(24(8,9)18-22(2,3)4)16-14-13-15-17-26(20-27,28-12)25(10,11)19-23(5,6)7/h16,28H,13-15,17-20,27H2,1-12H3/b21-16-. The van der Waals surface area contributed by atoms with Crippen molar-refractivity contribution in [3.63, 3.8) is 0 Å². The smallest absolute Gasteiger partial charge is 0.0353 e. The number of hydrogen-bond acceptors (Lipinski definition) is 2. The van der Waals surface area contributed by atoms with Crippen LogP contribution in [0.5, 0.6) is 0 Å². The Morgan fingerprint density at radius 3 is 1.71 bits per heavy atom. The normalized spacial score (nSPS) is 17.0. The third kappa shape index (κ3) is 8.99. The van der Waals surface area contributed by atoms with Crippen LogP contribution in [0.2, 0.25) is 0 Å². The Morgan fingerprint density at radius 1 is 0.821 bits per heavy atom. The molecule has 2 nitrogen and oxygen atoms in total. The minimum atomic E-state index is 0.00451. The topological polar surface area (TPSA) is 38.0 Å². The average molecular weight is 395 g/mol. The van der Waals surface area contributed by atoms with E-state index >= 15 is 0 Å². The summed E-state index contributed by atoms with van der Waals surface area (Å²) >= 11 is 0. The zero-order valence-corrected chi connectivity index (χ0v) is 21.6. The summed E-state index contributed by atoms with van der Waals surface area (Å²) in [7, 11) is 2.09. The van der Waals surface area contributed by atoms with Gasteiger partial charge in [-0.3, -0.25) is 0 Å². The van der Waals surface area contributed by atoms with Crippen LogP contribution < -0.4 is 11.1 Å². The lowest BCUT2D eigenvalue weighted by Crippen LogP contribution is -2.60. The van der Waals surface area contributed by atoms with Crippen LogP contribution in [0.4, 0.5) is 0 Å². The highest BCUT2D eigenvalue weighted by molar-refractivity contribution is 5.10. The fourth-order valence-corrected chi connectivity index (χ4v) is 5.41. The third-order valence-electron chi connectivity index (χ3n) is 6.64. The number of rotatable bonds is 11. The molecule has 1 atom stereocenters. The van der Waals surface area contributed by atoms with Gasteiger partial charge in [-0.05, 0) is 67.7 Å². The largest absolute Gasteiger partial charge is 0.329 e. The van der Waals surface area contributed by atoms with E-state index in [1.807, 2.05) is 0 Å². The van der Waals surface area contributed by atoms with Crippen molar-refractivity contribution in [3.05, 3.63) is 11.6 Å². The van der Waals surface area contributed by atoms with Crippen LogP contribution in [0.1, 0.15) is 115 Å². The van der Waals surface area contributed by atoms with Gasteiger partial charge in [0.25, 0.3) is 0 Å². The maximum atomic E-state index is 6.33. The first-order valence-electron chi connectivity index (χ1n) is 11.5. The molecule has 0 heterocycles. The van der Waals surface area contributed by atoms with Crippen molar-refractivity contribution in [2.45, 2.75) is 120 Å². The molecule has 0 bridgehead atoms. The minimum absolute atomic E-state index is 0.00451. The molecule has 2 heteroatoms. The molecule has 0 aromatic rings. The zero-order chi connectivity index (χ0) is 22.4. The maximum absolute atomic E-state index is 6.33. The van der Waals surface area contributed by atoms with Crippen molar-refractivity contribution in [2.75, 3.05) is 13.6 Å². The molecule has 0 aromatic carbocycles. The molecule has 3 N–H and O–H groups in total. The third-order valence-corrected chi connectivity index (χ3v) is 6.64. The lowest BCUT2D eigenvalue weighted by atomic mass is 9.63. The molecule has 0 aliphatic carbocycles. The molecule has 0 aliphatic rings. The van der Waals surface area contributed by atoms with Crippen molar-refractivity contribution >= 4 is 0 Å². The van der Waals surface area contributed by atoms with Crippen LogP contribution in [-0.4, -0.2) is 19.1 Å². The van der Waals surface area contributed by atoms with Gasteiger partial charge in [-0.1, -0.05) is 87.3 Å². The molecule has 0 amide bonds. The van der Waals surface area contributed by atoms with Gasteiger partial charge in [-0.2, -0.15) is 0 Å². The van der Waals surface area contributed by atoms with Crippen molar-refractivity contribution < 1.29 is 0 Å². The summed E-state index contributed by atoms with van der Waals surface area (Å²) < 4.78 is 0. The highest BCUT2D eigenvalue weighted by atomic mass is 15.0. The fraction of sp³-hybridized carbons (Fsp3) is 0.923. The molecule has 0 spiro atoms. The fourth-order valence-electron chi connectivity index (χ4n) is 5.41. The number of allylic oxidation sites excluding steroid dienone is 2. The molecule has 0 fully saturated rings. The first-order chi connectivity index (χ1) is 12.4. The molecular formula is C26H54N2. The summed E-state index contributed by atoms with van der Waals surface area (Å²) in [5, 5.41) is 3.64. The monoisotopic (exact) mass is 394 g/mol. The van der Waals surface area contributed by atoms with Crippen molar-refractivity contribution in [3.8, 4) is 0 Å². The lowest BCUT2D eigenvalue weighted by molar-refractivity contribution is 0.0703. The number of unbranched alkanes of at least 4 members (excludes halogenated alkanes) is 2. The van der Waals surface area contributed by atoms with Crippen LogP contribution in [0.25, 0.3) is 0 Å². The summed E-state index contributed by atoms with van der Waals surface area (Å²) in [5.74, 6) is 0. The van der Waals surface area contributed by atoms with Gasteiger partial charge in [0.2, 0.25) is 0 Å². The molecule has 28 heavy (non-hydrogen) atoms. The van der Waals surface area contributed by atoms with Crippen molar-refractivity contribution in [2.24, 2.45) is 27.4 Å². The molecule has 0 radical (unpaired) electrons. The van der Waals surface area contributed by atoms with Gasteiger partial charge in [0.05, 0.1) is 0 Å². The van der Waals surface area contributed by atoms with Gasteiger partial charge < -0.3 is 11.1 Å². The van der Waals surface area contributed by atoms with Crippen LogP contribution in [-0.2, 0) is 0 Å². The second-order valence-electron chi connectivity index (χ2n) is 12.9. The van der Waals surface area contributed by atoms with Gasteiger partial charge in [0, 0.05) is 12.1 Å². The number of likely N-dealkylation sites (N-methyl/N-ethyl adjacent to an activating group) is 1. The molecule has 0 aliphatic heterocycles. The number of nitrogens with two attached hydrogens (primary N) is 1. The highest BCUT2D eigenvalue weighted by Crippen LogP contribution is 2.43. The zero-order valence-electron chi connectivity index (χ0n) is 21.6. The minimum Gasteiger partial charge on any atom is -0.329 e. The van der Waals surface area contributed by atoms with Gasteiger partial charge >= 0.3 is 0 Å². The Balaban J connectivity index is 4.90. The van der Waals surface area contributed by atoms with E-state index in [1.165, 1.54) is 31.3 Å². The van der Waals surface area contributed by atoms with Crippen LogP contribution in [0.15, 0.2) is 11.6 Å². The van der Waals surface area contributed by atoms with Crippen molar-refractivity contribution in [1.82, 2.24) is 5.32 Å². The van der Waals surface area contributed by atoms with Crippen molar-refractivity contribution in [1.29, 1.82) is 0 Å². The van der Waals surface area contributed by atoms with E-state index in [0.29, 0.717) is 17.4 Å². The van der Waals surface area contributed by atoms with E-state index in [0.717, 1.165) is 12.8 Å². The summed E-state index contributed by atoms with van der Waals surface area (Å²) in [6.45, 7) is 26.6. The molecular weight excluding hydrogens is 340 g/mol. The number of hydrogen-bond donors (Lipinski definition) is 2. The Labute approximate surface area is 178 Å². The molecule has 1 unspecified atom stereocenters. The second kappa shape index (κ2) is 10.1. The van der Waals surface area contributed by atoms with Gasteiger partial charge in [-0.15, -0.1) is 0 Å². The lowest BCUT2D eigenvalue weighted by Gasteiger charge is -2.49. The van der Waals surface area contributed by atoms with Gasteiger partial charge in [-0.25, -0.2) is 0 Å². The molecule has 0 saturated carbocycles. The first-order valence-corrected chi connectivity index (χ1v) is 11.5. The van der Waals surface area contributed by atoms with E-state index in [4.69, 9.17) is 5.73 Å². The molecule has 0 aromatic heterocycles. The predicted molar refractivity (Wildman–Crippen MR) is 129 cm³/mol. The molecule has 168 valence electrons. The Morgan fingerprint density at radius 2 is 1.32 bits per heavy atom. The van der Waals surface area contributed by atoms with E-state index in [1.54, 1.807) is 0 Å². The number of nitrogens with one attached hydrogen (secondary N) is 1. The Hall–Kier alpha value is -0.340. The van der Waals surface area contributed by atoms with Crippen LogP contribution in [0, 0.1) is 21.7 Å². The van der Waals surface area contributed by atoms with E-state index in [9.17, 15) is 0 Å². The van der Waals surface area contributed by atoms with E-state index < -0.39 is 0 Å². The van der Waals surface area contributed by atoms with Crippen LogP contribution >= 0.6 is 0 Å². The van der Waals surface area contributed by atoms with E-state index in [-0.39, 0.29) is 16.4 Å². The summed E-state index contributed by atoms with van der Waals surface area (Å²) in [6, 6.07) is 0. The Kier molecular flexibility index (Phi) is 9.99. The summed E-state index contributed by atoms with van der Waals surface area (Å²) in [5.41, 5.74) is 8.98. The summed E-state index contributed by atoms with van der Waals surface area (Å²) in [6.07, 6.45) is 9.63. The van der Waals surface area contributed by atoms with Gasteiger partial charge in [0.1, 0.15) is 0 Å². The highest BCUT2D eigenvalue weighted by Gasteiger charge is 2.44. The van der Waals surface area contributed by atoms with Crippen LogP contribution in [0.3, 0.4) is 0 Å². The SMILES string of the molecule is CNC(CN)(CCCC/C=C(/C)C(C)(C)CC(C)(C)C)C(C)(C)CC(C)(C)C. The molecule has 0 saturated heterocycles. The summed E-state index contributed by atoms with van der Waals surface area (Å²) in [4.78, 5) is 0. The predicted octanol–water partition coefficient (Wildman–Crippen LogP) is 7.33. The quantitative estimate of drug-likeness (QED) is 0.284. The second-order valence-corrected chi connectivity index (χ2v) is 12.9.